The van der Waals surface area contributed by atoms with Crippen molar-refractivity contribution in [3.8, 4) is 0 Å². The van der Waals surface area contributed by atoms with Gasteiger partial charge in [-0.3, -0.25) is 0 Å². The number of amides is 1. The Morgan fingerprint density at radius 3 is 2.62 bits per heavy atom. The molecule has 3 nitrogen and oxygen atoms in total. The van der Waals surface area contributed by atoms with E-state index in [4.69, 9.17) is 4.74 Å². The summed E-state index contributed by atoms with van der Waals surface area (Å²) in [6.45, 7) is 6.80. The van der Waals surface area contributed by atoms with Gasteiger partial charge in [-0.15, -0.1) is 0 Å². The third kappa shape index (κ3) is 6.43. The molecule has 0 atom stereocenters. The Hall–Kier alpha value is -0.730. The Balaban J connectivity index is 3.38. The highest BCUT2D eigenvalue weighted by atomic mass is 16.5. The zero-order valence-electron chi connectivity index (χ0n) is 8.71. The number of carbonyl (C=O) groups is 1. The molecule has 0 aliphatic heterocycles. The summed E-state index contributed by atoms with van der Waals surface area (Å²) in [5.74, 6) is 0. The number of carbonyl (C=O) groups excluding carboxylic acids is 1. The number of ether oxygens (including phenoxy) is 1. The molecule has 0 N–H and O–H groups in total. The molecule has 3 heteroatoms. The summed E-state index contributed by atoms with van der Waals surface area (Å²) >= 11 is 0. The lowest BCUT2D eigenvalue weighted by atomic mass is 10.2. The minimum atomic E-state index is -0.225. The molecule has 0 heterocycles. The van der Waals surface area contributed by atoms with Crippen LogP contribution in [0.25, 0.3) is 0 Å². The van der Waals surface area contributed by atoms with Crippen molar-refractivity contribution in [3.05, 3.63) is 6.92 Å². The standard InChI is InChI=1S/C10H20NO2/c1-4-6-7-8-9-11(3)10(12)13-5-2/h1,4-9H2,2-3H3. The van der Waals surface area contributed by atoms with E-state index in [1.165, 1.54) is 0 Å². The van der Waals surface area contributed by atoms with Crippen molar-refractivity contribution < 1.29 is 9.53 Å². The first-order valence-electron chi connectivity index (χ1n) is 4.89. The summed E-state index contributed by atoms with van der Waals surface area (Å²) < 4.78 is 4.84. The van der Waals surface area contributed by atoms with Crippen molar-refractivity contribution in [1.82, 2.24) is 4.90 Å². The lowest BCUT2D eigenvalue weighted by molar-refractivity contribution is 0.115. The van der Waals surface area contributed by atoms with E-state index in [0.717, 1.165) is 32.2 Å². The maximum atomic E-state index is 11.1. The molecule has 0 aromatic carbocycles. The predicted octanol–water partition coefficient (Wildman–Crippen LogP) is 2.47. The number of hydrogen-bond donors (Lipinski definition) is 0. The first-order valence-corrected chi connectivity index (χ1v) is 4.89. The van der Waals surface area contributed by atoms with Gasteiger partial charge in [0.1, 0.15) is 0 Å². The SMILES string of the molecule is [CH2]CCCCCN(C)C(=O)OCC. The Morgan fingerprint density at radius 2 is 2.08 bits per heavy atom. The minimum Gasteiger partial charge on any atom is -0.450 e. The third-order valence-corrected chi connectivity index (χ3v) is 1.82. The van der Waals surface area contributed by atoms with E-state index in [-0.39, 0.29) is 6.09 Å². The van der Waals surface area contributed by atoms with Crippen LogP contribution < -0.4 is 0 Å². The van der Waals surface area contributed by atoms with Gasteiger partial charge in [-0.1, -0.05) is 26.2 Å². The average Bonchev–Trinajstić information content (AvgIpc) is 2.12. The van der Waals surface area contributed by atoms with Crippen LogP contribution in [0.2, 0.25) is 0 Å². The lowest BCUT2D eigenvalue weighted by Gasteiger charge is -2.15. The fraction of sp³-hybridized carbons (Fsp3) is 0.800. The zero-order valence-corrected chi connectivity index (χ0v) is 8.71. The summed E-state index contributed by atoms with van der Waals surface area (Å²) in [6.07, 6.45) is 4.05. The predicted molar refractivity (Wildman–Crippen MR) is 53.5 cm³/mol. The molecule has 1 amide bonds. The van der Waals surface area contributed by atoms with Gasteiger partial charge in [-0.05, 0) is 13.3 Å². The van der Waals surface area contributed by atoms with Crippen molar-refractivity contribution in [2.24, 2.45) is 0 Å². The number of unbranched alkanes of at least 4 members (excludes halogenated alkanes) is 3. The first kappa shape index (κ1) is 12.3. The number of hydrogen-bond acceptors (Lipinski definition) is 2. The first-order chi connectivity index (χ1) is 6.22. The molecule has 77 valence electrons. The van der Waals surface area contributed by atoms with E-state index in [1.807, 2.05) is 6.92 Å². The van der Waals surface area contributed by atoms with Crippen molar-refractivity contribution in [2.75, 3.05) is 20.2 Å². The molecule has 0 saturated heterocycles. The molecule has 0 spiro atoms. The molecule has 1 radical (unpaired) electrons. The highest BCUT2D eigenvalue weighted by Gasteiger charge is 2.07. The van der Waals surface area contributed by atoms with Gasteiger partial charge in [-0.2, -0.15) is 0 Å². The summed E-state index contributed by atoms with van der Waals surface area (Å²) in [6, 6.07) is 0. The largest absolute Gasteiger partial charge is 0.450 e. The number of nitrogens with zero attached hydrogens (tertiary/aromatic N) is 1. The molecule has 0 aromatic heterocycles. The quantitative estimate of drug-likeness (QED) is 0.596. The fourth-order valence-electron chi connectivity index (χ4n) is 1.03. The van der Waals surface area contributed by atoms with Crippen LogP contribution in [0.15, 0.2) is 0 Å². The third-order valence-electron chi connectivity index (χ3n) is 1.82. The van der Waals surface area contributed by atoms with Crippen LogP contribution in [0.3, 0.4) is 0 Å². The van der Waals surface area contributed by atoms with E-state index in [2.05, 4.69) is 6.92 Å². The molecule has 0 aliphatic rings. The average molecular weight is 186 g/mol. The summed E-state index contributed by atoms with van der Waals surface area (Å²) in [5.41, 5.74) is 0. The van der Waals surface area contributed by atoms with Crippen molar-refractivity contribution in [3.63, 3.8) is 0 Å². The lowest BCUT2D eigenvalue weighted by Crippen LogP contribution is -2.28. The Morgan fingerprint density at radius 1 is 1.38 bits per heavy atom. The van der Waals surface area contributed by atoms with Crippen molar-refractivity contribution >= 4 is 6.09 Å². The molecule has 0 saturated carbocycles. The molecule has 0 bridgehead atoms. The Bertz CT molecular complexity index is 137. The Kier molecular flexibility index (Phi) is 7.45. The monoisotopic (exact) mass is 186 g/mol. The molecular weight excluding hydrogens is 166 g/mol. The van der Waals surface area contributed by atoms with Gasteiger partial charge in [0.15, 0.2) is 0 Å². The van der Waals surface area contributed by atoms with E-state index in [1.54, 1.807) is 11.9 Å². The molecule has 0 unspecified atom stereocenters. The highest BCUT2D eigenvalue weighted by molar-refractivity contribution is 5.67. The molecule has 0 aromatic rings. The minimum absolute atomic E-state index is 0.225. The van der Waals surface area contributed by atoms with Gasteiger partial charge < -0.3 is 9.64 Å². The van der Waals surface area contributed by atoms with Crippen LogP contribution in [0.5, 0.6) is 0 Å². The summed E-state index contributed by atoms with van der Waals surface area (Å²) in [4.78, 5) is 12.7. The van der Waals surface area contributed by atoms with Crippen LogP contribution in [0.4, 0.5) is 4.79 Å². The maximum Gasteiger partial charge on any atom is 0.409 e. The van der Waals surface area contributed by atoms with Gasteiger partial charge in [0.05, 0.1) is 6.61 Å². The summed E-state index contributed by atoms with van der Waals surface area (Å²) in [5, 5.41) is 0. The second kappa shape index (κ2) is 7.90. The van der Waals surface area contributed by atoms with Crippen molar-refractivity contribution in [1.29, 1.82) is 0 Å². The second-order valence-electron chi connectivity index (χ2n) is 3.03. The fourth-order valence-corrected chi connectivity index (χ4v) is 1.03. The van der Waals surface area contributed by atoms with Crippen molar-refractivity contribution in [2.45, 2.75) is 32.6 Å². The molecule has 0 aliphatic carbocycles. The molecule has 0 rings (SSSR count). The Labute approximate surface area is 81.1 Å². The van der Waals surface area contributed by atoms with E-state index >= 15 is 0 Å². The number of rotatable bonds is 6. The smallest absolute Gasteiger partial charge is 0.409 e. The van der Waals surface area contributed by atoms with Crippen LogP contribution in [-0.2, 0) is 4.74 Å². The highest BCUT2D eigenvalue weighted by Crippen LogP contribution is 2.00. The van der Waals surface area contributed by atoms with Gasteiger partial charge in [-0.25, -0.2) is 4.79 Å². The molecule has 0 fully saturated rings. The summed E-state index contributed by atoms with van der Waals surface area (Å²) in [7, 11) is 1.77. The maximum absolute atomic E-state index is 11.1. The van der Waals surface area contributed by atoms with Crippen LogP contribution in [0, 0.1) is 6.92 Å². The van der Waals surface area contributed by atoms with Crippen LogP contribution in [-0.4, -0.2) is 31.2 Å². The van der Waals surface area contributed by atoms with E-state index < -0.39 is 0 Å². The van der Waals surface area contributed by atoms with Gasteiger partial charge in [0.25, 0.3) is 0 Å². The second-order valence-corrected chi connectivity index (χ2v) is 3.03. The molecular formula is C10H20NO2. The van der Waals surface area contributed by atoms with Crippen LogP contribution >= 0.6 is 0 Å². The van der Waals surface area contributed by atoms with E-state index in [0.29, 0.717) is 6.61 Å². The molecule has 13 heavy (non-hydrogen) atoms. The van der Waals surface area contributed by atoms with Gasteiger partial charge in [0.2, 0.25) is 0 Å². The normalized spacial score (nSPS) is 9.77. The van der Waals surface area contributed by atoms with Gasteiger partial charge >= 0.3 is 6.09 Å². The zero-order chi connectivity index (χ0) is 10.1. The van der Waals surface area contributed by atoms with Gasteiger partial charge in [0, 0.05) is 13.6 Å². The van der Waals surface area contributed by atoms with Crippen LogP contribution in [0.1, 0.15) is 32.6 Å². The topological polar surface area (TPSA) is 29.5 Å². The van der Waals surface area contributed by atoms with E-state index in [9.17, 15) is 4.79 Å².